The van der Waals surface area contributed by atoms with E-state index >= 15 is 0 Å². The molecule has 0 radical (unpaired) electrons. The first-order chi connectivity index (χ1) is 13.4. The Morgan fingerprint density at radius 2 is 1.54 bits per heavy atom. The molecule has 0 aromatic heterocycles. The lowest BCUT2D eigenvalue weighted by molar-refractivity contribution is 0.0696. The van der Waals surface area contributed by atoms with Gasteiger partial charge in [-0.05, 0) is 67.4 Å². The minimum atomic E-state index is -0.956. The van der Waals surface area contributed by atoms with Gasteiger partial charge in [-0.25, -0.2) is 4.79 Å². The molecule has 3 aromatic carbocycles. The lowest BCUT2D eigenvalue weighted by atomic mass is 10.1. The van der Waals surface area contributed by atoms with Crippen LogP contribution in [0.15, 0.2) is 66.7 Å². The van der Waals surface area contributed by atoms with Crippen LogP contribution in [0.1, 0.15) is 37.4 Å². The number of hydrogen-bond donors (Lipinski definition) is 2. The van der Waals surface area contributed by atoms with E-state index in [0.29, 0.717) is 17.9 Å². The number of carboxylic acid groups (broad SMARTS) is 1. The predicted octanol–water partition coefficient (Wildman–Crippen LogP) is 4.83. The fraction of sp³-hybridized carbons (Fsp3) is 0.130. The highest BCUT2D eigenvalue weighted by Crippen LogP contribution is 2.19. The molecular formula is C23H21NO4. The highest BCUT2D eigenvalue weighted by molar-refractivity contribution is 6.04. The molecule has 5 heteroatoms. The molecule has 0 unspecified atom stereocenters. The number of aromatic carboxylic acids is 1. The van der Waals surface area contributed by atoms with Gasteiger partial charge in [-0.1, -0.05) is 29.8 Å². The van der Waals surface area contributed by atoms with Crippen LogP contribution in [0.25, 0.3) is 0 Å². The van der Waals surface area contributed by atoms with Crippen molar-refractivity contribution in [2.75, 3.05) is 5.32 Å². The molecule has 0 saturated heterocycles. The van der Waals surface area contributed by atoms with E-state index in [0.717, 1.165) is 22.4 Å². The van der Waals surface area contributed by atoms with Crippen LogP contribution in [-0.2, 0) is 6.61 Å². The number of rotatable bonds is 6. The van der Waals surface area contributed by atoms with Crippen LogP contribution in [-0.4, -0.2) is 17.0 Å². The number of nitrogens with one attached hydrogen (secondary N) is 1. The number of amides is 1. The topological polar surface area (TPSA) is 75.6 Å². The first kappa shape index (κ1) is 19.2. The van der Waals surface area contributed by atoms with Gasteiger partial charge in [0.05, 0.1) is 5.56 Å². The molecule has 142 valence electrons. The van der Waals surface area contributed by atoms with Crippen molar-refractivity contribution in [2.45, 2.75) is 20.5 Å². The second-order valence-corrected chi connectivity index (χ2v) is 6.59. The number of benzene rings is 3. The average molecular weight is 375 g/mol. The van der Waals surface area contributed by atoms with Crippen molar-refractivity contribution in [3.63, 3.8) is 0 Å². The Bertz CT molecular complexity index is 992. The van der Waals surface area contributed by atoms with Gasteiger partial charge in [0, 0.05) is 11.3 Å². The number of anilines is 1. The standard InChI is InChI=1S/C23H21NO4/c1-15-3-12-21(16(2)13-15)24-22(25)18-8-10-20(11-9-18)28-14-17-4-6-19(7-5-17)23(26)27/h3-13H,14H2,1-2H3,(H,24,25)(H,26,27). The molecule has 3 aromatic rings. The first-order valence-corrected chi connectivity index (χ1v) is 8.86. The zero-order valence-corrected chi connectivity index (χ0v) is 15.7. The summed E-state index contributed by atoms with van der Waals surface area (Å²) in [5, 5.41) is 11.8. The highest BCUT2D eigenvalue weighted by atomic mass is 16.5. The molecule has 0 aliphatic carbocycles. The van der Waals surface area contributed by atoms with Crippen LogP contribution in [0.4, 0.5) is 5.69 Å². The monoisotopic (exact) mass is 375 g/mol. The maximum absolute atomic E-state index is 12.4. The van der Waals surface area contributed by atoms with Crippen LogP contribution in [0.5, 0.6) is 5.75 Å². The van der Waals surface area contributed by atoms with E-state index in [1.165, 1.54) is 0 Å². The molecule has 0 heterocycles. The summed E-state index contributed by atoms with van der Waals surface area (Å²) in [4.78, 5) is 23.3. The largest absolute Gasteiger partial charge is 0.489 e. The zero-order chi connectivity index (χ0) is 20.1. The summed E-state index contributed by atoms with van der Waals surface area (Å²) < 4.78 is 5.70. The van der Waals surface area contributed by atoms with E-state index in [4.69, 9.17) is 9.84 Å². The SMILES string of the molecule is Cc1ccc(NC(=O)c2ccc(OCc3ccc(C(=O)O)cc3)cc2)c(C)c1. The van der Waals surface area contributed by atoms with E-state index < -0.39 is 5.97 Å². The first-order valence-electron chi connectivity index (χ1n) is 8.86. The highest BCUT2D eigenvalue weighted by Gasteiger charge is 2.08. The van der Waals surface area contributed by atoms with Gasteiger partial charge in [0.2, 0.25) is 0 Å². The molecular weight excluding hydrogens is 354 g/mol. The third-order valence-corrected chi connectivity index (χ3v) is 4.35. The minimum absolute atomic E-state index is 0.178. The lowest BCUT2D eigenvalue weighted by Gasteiger charge is -2.10. The summed E-state index contributed by atoms with van der Waals surface area (Å²) in [5.74, 6) is -0.504. The van der Waals surface area contributed by atoms with Gasteiger partial charge in [0.1, 0.15) is 12.4 Å². The second-order valence-electron chi connectivity index (χ2n) is 6.59. The van der Waals surface area contributed by atoms with Crippen LogP contribution < -0.4 is 10.1 Å². The second kappa shape index (κ2) is 8.39. The van der Waals surface area contributed by atoms with Gasteiger partial charge in [-0.15, -0.1) is 0 Å². The molecule has 2 N–H and O–H groups in total. The Kier molecular flexibility index (Phi) is 5.75. The number of carboxylic acids is 1. The molecule has 28 heavy (non-hydrogen) atoms. The molecule has 0 spiro atoms. The number of ether oxygens (including phenoxy) is 1. The van der Waals surface area contributed by atoms with Crippen molar-refractivity contribution in [3.8, 4) is 5.75 Å². The molecule has 0 aliphatic rings. The molecule has 5 nitrogen and oxygen atoms in total. The Morgan fingerprint density at radius 3 is 2.14 bits per heavy atom. The number of aryl methyl sites for hydroxylation is 2. The fourth-order valence-electron chi connectivity index (χ4n) is 2.76. The van der Waals surface area contributed by atoms with E-state index in [-0.39, 0.29) is 11.5 Å². The Balaban J connectivity index is 1.59. The minimum Gasteiger partial charge on any atom is -0.489 e. The number of carbonyl (C=O) groups excluding carboxylic acids is 1. The molecule has 0 fully saturated rings. The summed E-state index contributed by atoms with van der Waals surface area (Å²) in [5.41, 5.74) is 4.60. The van der Waals surface area contributed by atoms with Crippen molar-refractivity contribution >= 4 is 17.6 Å². The summed E-state index contributed by atoms with van der Waals surface area (Å²) >= 11 is 0. The van der Waals surface area contributed by atoms with E-state index in [1.54, 1.807) is 48.5 Å². The molecule has 0 aliphatic heterocycles. The van der Waals surface area contributed by atoms with Gasteiger partial charge in [-0.3, -0.25) is 4.79 Å². The summed E-state index contributed by atoms with van der Waals surface area (Å²) in [6.07, 6.45) is 0. The molecule has 3 rings (SSSR count). The lowest BCUT2D eigenvalue weighted by Crippen LogP contribution is -2.12. The predicted molar refractivity (Wildman–Crippen MR) is 108 cm³/mol. The third-order valence-electron chi connectivity index (χ3n) is 4.35. The maximum atomic E-state index is 12.4. The molecule has 0 saturated carbocycles. The summed E-state index contributed by atoms with van der Waals surface area (Å²) in [6, 6.07) is 19.3. The average Bonchev–Trinajstić information content (AvgIpc) is 2.69. The van der Waals surface area contributed by atoms with E-state index in [1.807, 2.05) is 32.0 Å². The summed E-state index contributed by atoms with van der Waals surface area (Å²) in [6.45, 7) is 4.29. The summed E-state index contributed by atoms with van der Waals surface area (Å²) in [7, 11) is 0. The van der Waals surface area contributed by atoms with Crippen LogP contribution >= 0.6 is 0 Å². The molecule has 0 atom stereocenters. The van der Waals surface area contributed by atoms with Crippen LogP contribution in [0.3, 0.4) is 0 Å². The van der Waals surface area contributed by atoms with E-state index in [2.05, 4.69) is 5.32 Å². The van der Waals surface area contributed by atoms with Crippen LogP contribution in [0.2, 0.25) is 0 Å². The smallest absolute Gasteiger partial charge is 0.335 e. The Labute approximate surface area is 163 Å². The molecule has 1 amide bonds. The van der Waals surface area contributed by atoms with Gasteiger partial charge in [0.25, 0.3) is 5.91 Å². The van der Waals surface area contributed by atoms with Gasteiger partial charge >= 0.3 is 5.97 Å². The van der Waals surface area contributed by atoms with Crippen LogP contribution in [0, 0.1) is 13.8 Å². The number of carbonyl (C=O) groups is 2. The van der Waals surface area contributed by atoms with Crippen molar-refractivity contribution < 1.29 is 19.4 Å². The normalized spacial score (nSPS) is 10.4. The van der Waals surface area contributed by atoms with Crippen molar-refractivity contribution in [2.24, 2.45) is 0 Å². The van der Waals surface area contributed by atoms with Crippen molar-refractivity contribution in [3.05, 3.63) is 94.5 Å². The quantitative estimate of drug-likeness (QED) is 0.647. The Hall–Kier alpha value is -3.60. The van der Waals surface area contributed by atoms with Crippen molar-refractivity contribution in [1.82, 2.24) is 0 Å². The maximum Gasteiger partial charge on any atom is 0.335 e. The van der Waals surface area contributed by atoms with Gasteiger partial charge in [-0.2, -0.15) is 0 Å². The van der Waals surface area contributed by atoms with Gasteiger partial charge in [0.15, 0.2) is 0 Å². The number of hydrogen-bond acceptors (Lipinski definition) is 3. The van der Waals surface area contributed by atoms with Gasteiger partial charge < -0.3 is 15.2 Å². The third kappa shape index (κ3) is 4.76. The Morgan fingerprint density at radius 1 is 0.893 bits per heavy atom. The van der Waals surface area contributed by atoms with E-state index in [9.17, 15) is 9.59 Å². The zero-order valence-electron chi connectivity index (χ0n) is 15.7. The van der Waals surface area contributed by atoms with Crippen molar-refractivity contribution in [1.29, 1.82) is 0 Å². The fourth-order valence-corrected chi connectivity index (χ4v) is 2.76. The molecule has 0 bridgehead atoms.